The molecule has 0 spiro atoms. The first-order valence-corrected chi connectivity index (χ1v) is 11.5. The average molecular weight is 468 g/mol. The van der Waals surface area contributed by atoms with Crippen LogP contribution in [0.25, 0.3) is 0 Å². The van der Waals surface area contributed by atoms with Gasteiger partial charge >= 0.3 is 0 Å². The zero-order valence-corrected chi connectivity index (χ0v) is 19.7. The summed E-state index contributed by atoms with van der Waals surface area (Å²) in [5, 5.41) is 4.38. The highest BCUT2D eigenvalue weighted by molar-refractivity contribution is 6.39. The van der Waals surface area contributed by atoms with Gasteiger partial charge in [-0.25, -0.2) is 4.99 Å². The standard InChI is InChI=1S/C26H27Cl2N3O/c1-2-15-29-19-22(10-7-16-30-25-23(27)11-6-12-24(25)28)26(32)31-17-13-21(14-18-31)20-8-4-3-5-9-20/h3-6,8-12,19,21,30H,7,13-14,16-18H2,1H3/b22-10+,29-19?. The minimum absolute atomic E-state index is 0.00561. The summed E-state index contributed by atoms with van der Waals surface area (Å²) in [5.41, 5.74) is 2.60. The maximum absolute atomic E-state index is 13.2. The van der Waals surface area contributed by atoms with Crippen LogP contribution in [0.2, 0.25) is 10.0 Å². The number of piperidine rings is 1. The lowest BCUT2D eigenvalue weighted by Gasteiger charge is -2.32. The fraction of sp³-hybridized carbons (Fsp3) is 0.308. The molecule has 1 aliphatic heterocycles. The monoisotopic (exact) mass is 467 g/mol. The molecule has 0 aromatic heterocycles. The fourth-order valence-electron chi connectivity index (χ4n) is 3.78. The molecule has 0 radical (unpaired) electrons. The maximum atomic E-state index is 13.2. The van der Waals surface area contributed by atoms with Crippen LogP contribution in [-0.2, 0) is 4.79 Å². The summed E-state index contributed by atoms with van der Waals surface area (Å²) in [5.74, 6) is 3.22. The predicted octanol–water partition coefficient (Wildman–Crippen LogP) is 6.18. The van der Waals surface area contributed by atoms with E-state index < -0.39 is 0 Å². The molecule has 1 amide bonds. The topological polar surface area (TPSA) is 44.7 Å². The van der Waals surface area contributed by atoms with E-state index in [0.717, 1.165) is 25.9 Å². The number of para-hydroxylation sites is 1. The largest absolute Gasteiger partial charge is 0.382 e. The molecule has 32 heavy (non-hydrogen) atoms. The first-order chi connectivity index (χ1) is 15.6. The van der Waals surface area contributed by atoms with Gasteiger partial charge in [0.1, 0.15) is 0 Å². The van der Waals surface area contributed by atoms with Crippen molar-refractivity contribution in [3.05, 3.63) is 75.8 Å². The van der Waals surface area contributed by atoms with Gasteiger partial charge in [0, 0.05) is 31.9 Å². The Morgan fingerprint density at radius 1 is 1.12 bits per heavy atom. The summed E-state index contributed by atoms with van der Waals surface area (Å²) in [7, 11) is 0. The Hall–Kier alpha value is -2.74. The van der Waals surface area contributed by atoms with Gasteiger partial charge in [0.2, 0.25) is 0 Å². The van der Waals surface area contributed by atoms with Gasteiger partial charge in [-0.1, -0.05) is 71.6 Å². The highest BCUT2D eigenvalue weighted by atomic mass is 35.5. The van der Waals surface area contributed by atoms with Crippen molar-refractivity contribution < 1.29 is 4.79 Å². The van der Waals surface area contributed by atoms with Crippen molar-refractivity contribution in [3.8, 4) is 12.0 Å². The SMILES string of the molecule is CC#CN=C/C(=C\CCNc1c(Cl)cccc1Cl)C(=O)N1CCC(c2ccccc2)CC1. The molecule has 2 aromatic rings. The van der Waals surface area contributed by atoms with E-state index in [2.05, 4.69) is 46.5 Å². The minimum Gasteiger partial charge on any atom is -0.382 e. The maximum Gasteiger partial charge on any atom is 0.255 e. The molecule has 3 rings (SSSR count). The number of anilines is 1. The molecule has 1 fully saturated rings. The van der Waals surface area contributed by atoms with Crippen LogP contribution in [0.15, 0.2) is 65.2 Å². The lowest BCUT2D eigenvalue weighted by atomic mass is 9.89. The number of nitrogens with one attached hydrogen (secondary N) is 1. The number of amides is 1. The molecule has 166 valence electrons. The summed E-state index contributed by atoms with van der Waals surface area (Å²) in [6, 6.07) is 18.5. The summed E-state index contributed by atoms with van der Waals surface area (Å²) < 4.78 is 0. The molecule has 1 saturated heterocycles. The number of benzene rings is 2. The Kier molecular flexibility index (Phi) is 9.22. The van der Waals surface area contributed by atoms with Gasteiger partial charge in [0.25, 0.3) is 5.91 Å². The summed E-state index contributed by atoms with van der Waals surface area (Å²) in [6.07, 6.45) is 5.99. The van der Waals surface area contributed by atoms with Crippen LogP contribution in [0.3, 0.4) is 0 Å². The van der Waals surface area contributed by atoms with E-state index in [-0.39, 0.29) is 5.91 Å². The van der Waals surface area contributed by atoms with E-state index in [1.165, 1.54) is 5.56 Å². The van der Waals surface area contributed by atoms with Crippen molar-refractivity contribution in [1.29, 1.82) is 0 Å². The summed E-state index contributed by atoms with van der Waals surface area (Å²) in [4.78, 5) is 19.1. The molecule has 0 unspecified atom stereocenters. The van der Waals surface area contributed by atoms with Crippen LogP contribution < -0.4 is 5.32 Å². The highest BCUT2D eigenvalue weighted by Gasteiger charge is 2.25. The zero-order chi connectivity index (χ0) is 22.8. The Balaban J connectivity index is 1.61. The molecule has 0 atom stereocenters. The van der Waals surface area contributed by atoms with Gasteiger partial charge in [-0.15, -0.1) is 0 Å². The van der Waals surface area contributed by atoms with Crippen LogP contribution >= 0.6 is 23.2 Å². The third-order valence-electron chi connectivity index (χ3n) is 5.45. The molecule has 4 nitrogen and oxygen atoms in total. The van der Waals surface area contributed by atoms with Crippen LogP contribution in [0.4, 0.5) is 5.69 Å². The Labute approximate surface area is 200 Å². The van der Waals surface area contributed by atoms with Crippen LogP contribution in [0.1, 0.15) is 37.7 Å². The van der Waals surface area contributed by atoms with Crippen molar-refractivity contribution in [3.63, 3.8) is 0 Å². The van der Waals surface area contributed by atoms with E-state index in [9.17, 15) is 4.79 Å². The molecular weight excluding hydrogens is 441 g/mol. The van der Waals surface area contributed by atoms with Gasteiger partial charge in [-0.3, -0.25) is 4.79 Å². The van der Waals surface area contributed by atoms with Crippen molar-refractivity contribution in [2.75, 3.05) is 25.0 Å². The Morgan fingerprint density at radius 2 is 1.81 bits per heavy atom. The number of carbonyl (C=O) groups is 1. The molecule has 6 heteroatoms. The second-order valence-electron chi connectivity index (χ2n) is 7.57. The van der Waals surface area contributed by atoms with E-state index >= 15 is 0 Å². The van der Waals surface area contributed by atoms with Crippen molar-refractivity contribution in [1.82, 2.24) is 4.90 Å². The quantitative estimate of drug-likeness (QED) is 0.228. The number of rotatable bonds is 7. The van der Waals surface area contributed by atoms with Crippen molar-refractivity contribution >= 4 is 41.0 Å². The second kappa shape index (κ2) is 12.3. The smallest absolute Gasteiger partial charge is 0.255 e. The van der Waals surface area contributed by atoms with E-state index in [4.69, 9.17) is 23.2 Å². The fourth-order valence-corrected chi connectivity index (χ4v) is 4.31. The first kappa shape index (κ1) is 23.9. The van der Waals surface area contributed by atoms with Gasteiger partial charge in [0.05, 0.1) is 21.3 Å². The molecule has 2 aromatic carbocycles. The molecule has 0 bridgehead atoms. The zero-order valence-electron chi connectivity index (χ0n) is 18.2. The lowest BCUT2D eigenvalue weighted by Crippen LogP contribution is -2.39. The Bertz CT molecular complexity index is 1010. The number of aliphatic imine (C=N–C) groups is 1. The van der Waals surface area contributed by atoms with Crippen molar-refractivity contribution in [2.45, 2.75) is 32.1 Å². The molecule has 0 aliphatic carbocycles. The number of likely N-dealkylation sites (tertiary alicyclic amines) is 1. The number of halogens is 2. The molecular formula is C26H27Cl2N3O. The van der Waals surface area contributed by atoms with Crippen molar-refractivity contribution in [2.24, 2.45) is 4.99 Å². The normalized spacial score (nSPS) is 14.8. The number of nitrogens with zero attached hydrogens (tertiary/aromatic N) is 2. The van der Waals surface area contributed by atoms with E-state index in [0.29, 0.717) is 40.2 Å². The van der Waals surface area contributed by atoms with E-state index in [1.807, 2.05) is 17.0 Å². The average Bonchev–Trinajstić information content (AvgIpc) is 2.82. The van der Waals surface area contributed by atoms with Gasteiger partial charge < -0.3 is 10.2 Å². The Morgan fingerprint density at radius 3 is 2.47 bits per heavy atom. The second-order valence-corrected chi connectivity index (χ2v) is 8.38. The summed E-state index contributed by atoms with van der Waals surface area (Å²) in [6.45, 7) is 3.77. The van der Waals surface area contributed by atoms with E-state index in [1.54, 1.807) is 31.3 Å². The predicted molar refractivity (Wildman–Crippen MR) is 135 cm³/mol. The van der Waals surface area contributed by atoms with Gasteiger partial charge in [-0.2, -0.15) is 0 Å². The highest BCUT2D eigenvalue weighted by Crippen LogP contribution is 2.30. The minimum atomic E-state index is -0.00561. The molecule has 1 N–H and O–H groups in total. The first-order valence-electron chi connectivity index (χ1n) is 10.8. The van der Waals surface area contributed by atoms with Crippen LogP contribution in [0.5, 0.6) is 0 Å². The van der Waals surface area contributed by atoms with Gasteiger partial charge in [-0.05, 0) is 49.8 Å². The van der Waals surface area contributed by atoms with Gasteiger partial charge in [0.15, 0.2) is 0 Å². The summed E-state index contributed by atoms with van der Waals surface area (Å²) >= 11 is 12.4. The third kappa shape index (κ3) is 6.63. The number of hydrogen-bond acceptors (Lipinski definition) is 3. The van der Waals surface area contributed by atoms with Crippen LogP contribution in [0, 0.1) is 12.0 Å². The van der Waals surface area contributed by atoms with Crippen LogP contribution in [-0.4, -0.2) is 36.7 Å². The molecule has 1 aliphatic rings. The lowest BCUT2D eigenvalue weighted by molar-refractivity contribution is -0.127. The number of carbonyl (C=O) groups excluding carboxylic acids is 1. The third-order valence-corrected chi connectivity index (χ3v) is 6.08. The molecule has 1 heterocycles. The number of hydrogen-bond donors (Lipinski definition) is 1. The molecule has 0 saturated carbocycles.